The van der Waals surface area contributed by atoms with Gasteiger partial charge >= 0.3 is 0 Å². The van der Waals surface area contributed by atoms with E-state index in [9.17, 15) is 0 Å². The maximum absolute atomic E-state index is 6.09. The Hall–Kier alpha value is -4.55. The number of hydrogen-bond acceptors (Lipinski definition) is 5. The summed E-state index contributed by atoms with van der Waals surface area (Å²) in [5.74, 6) is 4.11. The topological polar surface area (TPSA) is 48.8 Å². The molecule has 46 heavy (non-hydrogen) atoms. The van der Waals surface area contributed by atoms with Gasteiger partial charge in [0.2, 0.25) is 0 Å². The summed E-state index contributed by atoms with van der Waals surface area (Å²) in [7, 11) is 0. The second-order valence-electron chi connectivity index (χ2n) is 12.0. The lowest BCUT2D eigenvalue weighted by Crippen LogP contribution is -2.25. The summed E-state index contributed by atoms with van der Waals surface area (Å²) in [5.41, 5.74) is 5.33. The highest BCUT2D eigenvalue weighted by Crippen LogP contribution is 2.27. The van der Waals surface area contributed by atoms with Crippen molar-refractivity contribution in [3.05, 3.63) is 126 Å². The van der Waals surface area contributed by atoms with Crippen LogP contribution in [0.5, 0.6) is 17.2 Å². The van der Waals surface area contributed by atoms with Crippen molar-refractivity contribution in [2.75, 3.05) is 26.2 Å². The third-order valence-electron chi connectivity index (χ3n) is 7.99. The molecule has 5 rings (SSSR count). The predicted octanol–water partition coefficient (Wildman–Crippen LogP) is 9.01. The van der Waals surface area contributed by atoms with Crippen LogP contribution in [0.4, 0.5) is 0 Å². The molecule has 0 bridgehead atoms. The summed E-state index contributed by atoms with van der Waals surface area (Å²) in [5, 5.41) is 0. The van der Waals surface area contributed by atoms with E-state index < -0.39 is 0 Å². The van der Waals surface area contributed by atoms with E-state index in [1.807, 2.05) is 54.6 Å². The minimum absolute atomic E-state index is 0.487. The Balaban J connectivity index is 1.17. The molecule has 5 aromatic rings. The van der Waals surface area contributed by atoms with E-state index in [-0.39, 0.29) is 0 Å². The summed E-state index contributed by atoms with van der Waals surface area (Å²) in [6, 6.07) is 34.8. The van der Waals surface area contributed by atoms with Crippen LogP contribution in [0.1, 0.15) is 51.1 Å². The smallest absolute Gasteiger partial charge is 0.119 e. The largest absolute Gasteiger partial charge is 0.494 e. The summed E-state index contributed by atoms with van der Waals surface area (Å²) in [4.78, 5) is 7.47. The fourth-order valence-corrected chi connectivity index (χ4v) is 5.32. The van der Waals surface area contributed by atoms with Gasteiger partial charge in [-0.15, -0.1) is 0 Å². The molecule has 0 fully saturated rings. The normalized spacial score (nSPS) is 11.3. The number of hydrogen-bond donors (Lipinski definition) is 0. The summed E-state index contributed by atoms with van der Waals surface area (Å²) < 4.78 is 20.2. The fraction of sp³-hybridized carbons (Fsp3) is 0.325. The first kappa shape index (κ1) is 32.8. The number of aromatic nitrogens is 2. The molecular weight excluding hydrogens is 570 g/mol. The van der Waals surface area contributed by atoms with Crippen molar-refractivity contribution in [2.45, 2.75) is 53.8 Å². The van der Waals surface area contributed by atoms with E-state index in [1.54, 1.807) is 0 Å². The predicted molar refractivity (Wildman–Crippen MR) is 187 cm³/mol. The first-order chi connectivity index (χ1) is 22.5. The zero-order valence-electron chi connectivity index (χ0n) is 27.7. The molecule has 240 valence electrons. The number of rotatable bonds is 17. The molecular formula is C40H47N3O3. The maximum atomic E-state index is 6.09. The van der Waals surface area contributed by atoms with Gasteiger partial charge in [0.1, 0.15) is 36.3 Å². The third kappa shape index (κ3) is 9.48. The first-order valence-electron chi connectivity index (χ1n) is 16.5. The van der Waals surface area contributed by atoms with E-state index in [0.29, 0.717) is 19.1 Å². The van der Waals surface area contributed by atoms with Gasteiger partial charge in [0.05, 0.1) is 12.3 Å². The van der Waals surface area contributed by atoms with Gasteiger partial charge < -0.3 is 23.7 Å². The Bertz CT molecular complexity index is 1590. The van der Waals surface area contributed by atoms with Crippen LogP contribution in [-0.4, -0.2) is 40.7 Å². The van der Waals surface area contributed by atoms with Crippen molar-refractivity contribution in [1.82, 2.24) is 14.5 Å². The highest BCUT2D eigenvalue weighted by atomic mass is 16.5. The molecule has 1 heterocycles. The minimum Gasteiger partial charge on any atom is -0.494 e. The van der Waals surface area contributed by atoms with Gasteiger partial charge in [-0.3, -0.25) is 0 Å². The van der Waals surface area contributed by atoms with Gasteiger partial charge in [0, 0.05) is 30.4 Å². The van der Waals surface area contributed by atoms with Crippen molar-refractivity contribution in [3.8, 4) is 34.2 Å². The molecule has 6 heteroatoms. The molecule has 0 aliphatic carbocycles. The van der Waals surface area contributed by atoms with Crippen LogP contribution >= 0.6 is 0 Å². The molecule has 0 atom stereocenters. The SMILES string of the molecule is CCN(CC)CCCOc1ccc(-n2cc(-c3ccc(OCc4ccc(OCc5ccccc5)cc4)cc3)nc2CC(C)C)cc1. The summed E-state index contributed by atoms with van der Waals surface area (Å²) in [6.07, 6.45) is 4.05. The monoisotopic (exact) mass is 617 g/mol. The van der Waals surface area contributed by atoms with Crippen molar-refractivity contribution < 1.29 is 14.2 Å². The van der Waals surface area contributed by atoms with Gasteiger partial charge in [0.25, 0.3) is 0 Å². The standard InChI is InChI=1S/C40H47N3O3/c1-5-42(6-2)25-10-26-44-36-23-17-35(18-24-36)43-28-39(41-40(43)27-31(3)4)34-15-21-38(22-16-34)46-30-33-13-19-37(20-14-33)45-29-32-11-8-7-9-12-32/h7-9,11-24,28,31H,5-6,10,25-27,29-30H2,1-4H3. The molecule has 0 aliphatic rings. The molecule has 1 aromatic heterocycles. The Morgan fingerprint density at radius 2 is 1.24 bits per heavy atom. The molecule has 4 aromatic carbocycles. The third-order valence-corrected chi connectivity index (χ3v) is 7.99. The molecule has 0 saturated carbocycles. The van der Waals surface area contributed by atoms with Crippen molar-refractivity contribution in [3.63, 3.8) is 0 Å². The van der Waals surface area contributed by atoms with Gasteiger partial charge in [-0.05, 0) is 97.2 Å². The van der Waals surface area contributed by atoms with Crippen LogP contribution in [0.3, 0.4) is 0 Å². The summed E-state index contributed by atoms with van der Waals surface area (Å²) in [6.45, 7) is 13.8. The van der Waals surface area contributed by atoms with Gasteiger partial charge in [-0.1, -0.05) is 70.2 Å². The number of ether oxygens (including phenoxy) is 3. The zero-order chi connectivity index (χ0) is 32.1. The first-order valence-corrected chi connectivity index (χ1v) is 16.5. The molecule has 0 spiro atoms. The van der Waals surface area contributed by atoms with Crippen LogP contribution < -0.4 is 14.2 Å². The Kier molecular flexibility index (Phi) is 11.9. The Morgan fingerprint density at radius 3 is 1.85 bits per heavy atom. The second kappa shape index (κ2) is 16.7. The minimum atomic E-state index is 0.487. The van der Waals surface area contributed by atoms with E-state index in [1.165, 1.54) is 0 Å². The summed E-state index contributed by atoms with van der Waals surface area (Å²) >= 11 is 0. The highest BCUT2D eigenvalue weighted by Gasteiger charge is 2.13. The lowest BCUT2D eigenvalue weighted by Gasteiger charge is -2.17. The van der Waals surface area contributed by atoms with Crippen LogP contribution in [-0.2, 0) is 19.6 Å². The van der Waals surface area contributed by atoms with Crippen molar-refractivity contribution in [2.24, 2.45) is 5.92 Å². The number of imidazole rings is 1. The van der Waals surface area contributed by atoms with E-state index in [4.69, 9.17) is 19.2 Å². The molecule has 0 amide bonds. The highest BCUT2D eigenvalue weighted by molar-refractivity contribution is 5.61. The van der Waals surface area contributed by atoms with E-state index in [2.05, 4.69) is 91.9 Å². The average molecular weight is 618 g/mol. The Morgan fingerprint density at radius 1 is 0.674 bits per heavy atom. The van der Waals surface area contributed by atoms with Crippen molar-refractivity contribution >= 4 is 0 Å². The van der Waals surface area contributed by atoms with Gasteiger partial charge in [0.15, 0.2) is 0 Å². The van der Waals surface area contributed by atoms with Crippen molar-refractivity contribution in [1.29, 1.82) is 0 Å². The quantitative estimate of drug-likeness (QED) is 0.0975. The molecule has 0 saturated heterocycles. The molecule has 0 unspecified atom stereocenters. The number of nitrogens with zero attached hydrogens (tertiary/aromatic N) is 3. The second-order valence-corrected chi connectivity index (χ2v) is 12.0. The van der Waals surface area contributed by atoms with Crippen LogP contribution in [0.15, 0.2) is 109 Å². The van der Waals surface area contributed by atoms with E-state index >= 15 is 0 Å². The van der Waals surface area contributed by atoms with Crippen LogP contribution in [0.2, 0.25) is 0 Å². The molecule has 0 N–H and O–H groups in total. The number of benzene rings is 4. The molecule has 6 nitrogen and oxygen atoms in total. The molecule has 0 radical (unpaired) electrons. The van der Waals surface area contributed by atoms with Gasteiger partial charge in [-0.25, -0.2) is 4.98 Å². The van der Waals surface area contributed by atoms with Gasteiger partial charge in [-0.2, -0.15) is 0 Å². The maximum Gasteiger partial charge on any atom is 0.119 e. The van der Waals surface area contributed by atoms with E-state index in [0.717, 1.165) is 90.2 Å². The lowest BCUT2D eigenvalue weighted by molar-refractivity contribution is 0.249. The van der Waals surface area contributed by atoms with Crippen LogP contribution in [0, 0.1) is 5.92 Å². The lowest BCUT2D eigenvalue weighted by atomic mass is 10.1. The average Bonchev–Trinajstić information content (AvgIpc) is 3.51. The zero-order valence-corrected chi connectivity index (χ0v) is 27.7. The van der Waals surface area contributed by atoms with Crippen LogP contribution in [0.25, 0.3) is 16.9 Å². The molecule has 0 aliphatic heterocycles. The fourth-order valence-electron chi connectivity index (χ4n) is 5.32. The Labute approximate surface area is 274 Å².